The van der Waals surface area contributed by atoms with Gasteiger partial charge in [0.15, 0.2) is 0 Å². The molecule has 0 saturated carbocycles. The summed E-state index contributed by atoms with van der Waals surface area (Å²) in [6.45, 7) is 4.46. The van der Waals surface area contributed by atoms with E-state index in [2.05, 4.69) is 37.6 Å². The second-order valence-corrected chi connectivity index (χ2v) is 5.47. The van der Waals surface area contributed by atoms with Gasteiger partial charge in [0, 0.05) is 18.7 Å². The average Bonchev–Trinajstić information content (AvgIpc) is 2.44. The molecule has 20 heavy (non-hydrogen) atoms. The third kappa shape index (κ3) is 3.55. The van der Waals surface area contributed by atoms with Crippen LogP contribution in [-0.2, 0) is 0 Å². The summed E-state index contributed by atoms with van der Waals surface area (Å²) in [6, 6.07) is 0. The second kappa shape index (κ2) is 6.81. The van der Waals surface area contributed by atoms with Gasteiger partial charge in [-0.2, -0.15) is 0 Å². The van der Waals surface area contributed by atoms with Crippen LogP contribution < -0.4 is 10.6 Å². The van der Waals surface area contributed by atoms with Gasteiger partial charge in [0.25, 0.3) is 5.69 Å². The molecule has 0 fully saturated rings. The zero-order valence-electron chi connectivity index (χ0n) is 11.3. The highest BCUT2D eigenvalue weighted by molar-refractivity contribution is 9.10. The number of nitrogens with zero attached hydrogens (tertiary/aromatic N) is 2. The molecule has 6 nitrogen and oxygen atoms in total. The molecule has 0 aliphatic carbocycles. The van der Waals surface area contributed by atoms with Crippen LogP contribution in [0, 0.1) is 17.0 Å². The van der Waals surface area contributed by atoms with Gasteiger partial charge in [0.05, 0.1) is 9.40 Å². The molecule has 1 aromatic rings. The summed E-state index contributed by atoms with van der Waals surface area (Å²) >= 11 is 3.37. The van der Waals surface area contributed by atoms with Crippen molar-refractivity contribution in [2.75, 3.05) is 25.0 Å². The zero-order valence-corrected chi connectivity index (χ0v) is 12.9. The van der Waals surface area contributed by atoms with Gasteiger partial charge in [0.1, 0.15) is 12.0 Å². The fourth-order valence-electron chi connectivity index (χ4n) is 2.11. The van der Waals surface area contributed by atoms with E-state index in [1.54, 1.807) is 6.92 Å². The Kier molecular flexibility index (Phi) is 5.08. The Hall–Kier alpha value is -1.47. The van der Waals surface area contributed by atoms with Crippen LogP contribution in [0.3, 0.4) is 0 Å². The highest BCUT2D eigenvalue weighted by Crippen LogP contribution is 2.30. The van der Waals surface area contributed by atoms with Crippen molar-refractivity contribution in [3.8, 4) is 0 Å². The summed E-state index contributed by atoms with van der Waals surface area (Å²) in [4.78, 5) is 14.5. The first-order chi connectivity index (χ1) is 9.59. The molecule has 108 valence electrons. The van der Waals surface area contributed by atoms with Gasteiger partial charge < -0.3 is 10.6 Å². The lowest BCUT2D eigenvalue weighted by molar-refractivity contribution is -0.385. The minimum Gasteiger partial charge on any atom is -0.369 e. The van der Waals surface area contributed by atoms with Crippen molar-refractivity contribution in [1.82, 2.24) is 10.3 Å². The van der Waals surface area contributed by atoms with Crippen LogP contribution in [-0.4, -0.2) is 29.5 Å². The number of aromatic nitrogens is 1. The zero-order chi connectivity index (χ0) is 14.5. The predicted octanol–water partition coefficient (Wildman–Crippen LogP) is 2.78. The molecule has 0 saturated heterocycles. The SMILES string of the molecule is Cc1c([N+](=O)[O-])cnc(NCCC2=CCNCC2)c1Br. The quantitative estimate of drug-likeness (QED) is 0.489. The summed E-state index contributed by atoms with van der Waals surface area (Å²) in [5, 5.41) is 17.3. The number of hydrogen-bond donors (Lipinski definition) is 2. The fourth-order valence-corrected chi connectivity index (χ4v) is 2.56. The Balaban J connectivity index is 1.98. The van der Waals surface area contributed by atoms with Gasteiger partial charge in [-0.3, -0.25) is 10.1 Å². The molecule has 2 N–H and O–H groups in total. The minimum absolute atomic E-state index is 0.0310. The molecular formula is C13H17BrN4O2. The lowest BCUT2D eigenvalue weighted by Gasteiger charge is -2.15. The topological polar surface area (TPSA) is 80.1 Å². The molecule has 1 aliphatic heterocycles. The van der Waals surface area contributed by atoms with E-state index in [4.69, 9.17) is 0 Å². The van der Waals surface area contributed by atoms with E-state index in [1.165, 1.54) is 11.8 Å². The predicted molar refractivity (Wildman–Crippen MR) is 82.0 cm³/mol. The summed E-state index contributed by atoms with van der Waals surface area (Å²) in [5.41, 5.74) is 2.06. The molecule has 0 atom stereocenters. The lowest BCUT2D eigenvalue weighted by atomic mass is 10.1. The maximum Gasteiger partial charge on any atom is 0.291 e. The Labute approximate surface area is 125 Å². The minimum atomic E-state index is -0.420. The lowest BCUT2D eigenvalue weighted by Crippen LogP contribution is -2.21. The number of hydrogen-bond acceptors (Lipinski definition) is 5. The Morgan fingerprint density at radius 3 is 3.05 bits per heavy atom. The van der Waals surface area contributed by atoms with E-state index in [0.717, 1.165) is 32.5 Å². The van der Waals surface area contributed by atoms with Crippen molar-refractivity contribution in [3.05, 3.63) is 38.0 Å². The van der Waals surface area contributed by atoms with Crippen LogP contribution in [0.2, 0.25) is 0 Å². The van der Waals surface area contributed by atoms with Crippen LogP contribution >= 0.6 is 15.9 Å². The molecule has 0 bridgehead atoms. The first kappa shape index (κ1) is 14.9. The van der Waals surface area contributed by atoms with Crippen molar-refractivity contribution in [3.63, 3.8) is 0 Å². The van der Waals surface area contributed by atoms with Gasteiger partial charge in [-0.15, -0.1) is 0 Å². The normalized spacial score (nSPS) is 14.8. The molecule has 0 aromatic carbocycles. The molecule has 0 amide bonds. The van der Waals surface area contributed by atoms with E-state index < -0.39 is 4.92 Å². The van der Waals surface area contributed by atoms with Crippen molar-refractivity contribution in [1.29, 1.82) is 0 Å². The standard InChI is InChI=1S/C13H17BrN4O2/c1-9-11(18(19)20)8-17-13(12(9)14)16-7-4-10-2-5-15-6-3-10/h2,8,15H,3-7H2,1H3,(H,16,17). The smallest absolute Gasteiger partial charge is 0.291 e. The number of nitrogens with one attached hydrogen (secondary N) is 2. The fraction of sp³-hybridized carbons (Fsp3) is 0.462. The van der Waals surface area contributed by atoms with Crippen LogP contribution in [0.15, 0.2) is 22.3 Å². The molecule has 0 unspecified atom stereocenters. The summed E-state index contributed by atoms with van der Waals surface area (Å²) in [5.74, 6) is 0.655. The number of rotatable bonds is 5. The number of nitro groups is 1. The highest BCUT2D eigenvalue weighted by atomic mass is 79.9. The third-order valence-electron chi connectivity index (χ3n) is 3.33. The summed E-state index contributed by atoms with van der Waals surface area (Å²) < 4.78 is 0.658. The average molecular weight is 341 g/mol. The number of pyridine rings is 1. The molecule has 0 spiro atoms. The van der Waals surface area contributed by atoms with E-state index in [1.807, 2.05) is 0 Å². The monoisotopic (exact) mass is 340 g/mol. The molecule has 7 heteroatoms. The summed E-state index contributed by atoms with van der Waals surface area (Å²) in [7, 11) is 0. The van der Waals surface area contributed by atoms with Crippen LogP contribution in [0.4, 0.5) is 11.5 Å². The maximum atomic E-state index is 10.8. The molecule has 2 rings (SSSR count). The first-order valence-electron chi connectivity index (χ1n) is 6.51. The highest BCUT2D eigenvalue weighted by Gasteiger charge is 2.16. The Bertz CT molecular complexity index is 545. The largest absolute Gasteiger partial charge is 0.369 e. The molecule has 1 aliphatic rings. The Morgan fingerprint density at radius 2 is 2.40 bits per heavy atom. The Morgan fingerprint density at radius 1 is 1.60 bits per heavy atom. The van der Waals surface area contributed by atoms with Crippen molar-refractivity contribution < 1.29 is 4.92 Å². The van der Waals surface area contributed by atoms with E-state index in [0.29, 0.717) is 15.9 Å². The van der Waals surface area contributed by atoms with E-state index in [9.17, 15) is 10.1 Å². The molecule has 1 aromatic heterocycles. The number of anilines is 1. The van der Waals surface area contributed by atoms with Crippen LogP contribution in [0.5, 0.6) is 0 Å². The first-order valence-corrected chi connectivity index (χ1v) is 7.31. The van der Waals surface area contributed by atoms with Crippen molar-refractivity contribution in [2.24, 2.45) is 0 Å². The van der Waals surface area contributed by atoms with Gasteiger partial charge in [0.2, 0.25) is 0 Å². The summed E-state index contributed by atoms with van der Waals surface area (Å²) in [6.07, 6.45) is 5.56. The van der Waals surface area contributed by atoms with Gasteiger partial charge in [-0.05, 0) is 42.2 Å². The van der Waals surface area contributed by atoms with Crippen molar-refractivity contribution >= 4 is 27.4 Å². The van der Waals surface area contributed by atoms with Gasteiger partial charge >= 0.3 is 0 Å². The second-order valence-electron chi connectivity index (χ2n) is 4.68. The third-order valence-corrected chi connectivity index (χ3v) is 4.30. The maximum absolute atomic E-state index is 10.8. The number of halogens is 1. The van der Waals surface area contributed by atoms with E-state index >= 15 is 0 Å². The van der Waals surface area contributed by atoms with Crippen LogP contribution in [0.1, 0.15) is 18.4 Å². The molecule has 2 heterocycles. The molecule has 0 radical (unpaired) electrons. The van der Waals surface area contributed by atoms with Gasteiger partial charge in [-0.1, -0.05) is 11.6 Å². The van der Waals surface area contributed by atoms with Gasteiger partial charge in [-0.25, -0.2) is 4.98 Å². The molecular weight excluding hydrogens is 324 g/mol. The van der Waals surface area contributed by atoms with Crippen molar-refractivity contribution in [2.45, 2.75) is 19.8 Å². The van der Waals surface area contributed by atoms with Crippen LogP contribution in [0.25, 0.3) is 0 Å². The van der Waals surface area contributed by atoms with E-state index in [-0.39, 0.29) is 5.69 Å².